The van der Waals surface area contributed by atoms with Gasteiger partial charge in [0.25, 0.3) is 0 Å². The van der Waals surface area contributed by atoms with Gasteiger partial charge in [0.1, 0.15) is 11.4 Å². The van der Waals surface area contributed by atoms with Gasteiger partial charge in [0, 0.05) is 13.5 Å². The molecule has 8 heteroatoms. The smallest absolute Gasteiger partial charge is 0.406 e. The minimum atomic E-state index is -4.80. The molecule has 2 unspecified atom stereocenters. The van der Waals surface area contributed by atoms with Crippen molar-refractivity contribution in [1.82, 2.24) is 5.32 Å². The maximum atomic E-state index is 13.9. The van der Waals surface area contributed by atoms with Gasteiger partial charge in [-0.15, -0.1) is 13.2 Å². The van der Waals surface area contributed by atoms with E-state index in [1.54, 1.807) is 13.0 Å². The standard InChI is InChI=1S/C17H21F4NO3/c1-11(16(18)6-7-16)8-15(23)22-14(10-24-2)12-4-3-5-13(9-12)25-17(19,20)21/h3-5,9,11,14H,6-8,10H2,1-2H3,(H,22,23). The zero-order valence-electron chi connectivity index (χ0n) is 14.0. The summed E-state index contributed by atoms with van der Waals surface area (Å²) in [5, 5.41) is 2.69. The topological polar surface area (TPSA) is 47.6 Å². The Morgan fingerprint density at radius 1 is 1.36 bits per heavy atom. The van der Waals surface area contributed by atoms with E-state index in [0.29, 0.717) is 18.4 Å². The molecule has 25 heavy (non-hydrogen) atoms. The lowest BCUT2D eigenvalue weighted by Gasteiger charge is -2.21. The summed E-state index contributed by atoms with van der Waals surface area (Å²) in [7, 11) is 1.42. The van der Waals surface area contributed by atoms with E-state index in [1.165, 1.54) is 25.3 Å². The summed E-state index contributed by atoms with van der Waals surface area (Å²) in [5.41, 5.74) is -0.861. The van der Waals surface area contributed by atoms with Crippen molar-refractivity contribution in [2.75, 3.05) is 13.7 Å². The third kappa shape index (κ3) is 5.88. The molecule has 0 spiro atoms. The van der Waals surface area contributed by atoms with Crippen molar-refractivity contribution < 1.29 is 31.8 Å². The van der Waals surface area contributed by atoms with Crippen LogP contribution in [0.1, 0.15) is 37.8 Å². The molecule has 1 amide bonds. The molecule has 1 fully saturated rings. The molecule has 2 rings (SSSR count). The van der Waals surface area contributed by atoms with Crippen LogP contribution in [0.15, 0.2) is 24.3 Å². The minimum absolute atomic E-state index is 0.00938. The van der Waals surface area contributed by atoms with E-state index in [-0.39, 0.29) is 24.7 Å². The summed E-state index contributed by atoms with van der Waals surface area (Å²) < 4.78 is 59.9. The third-order valence-electron chi connectivity index (χ3n) is 4.27. The quantitative estimate of drug-likeness (QED) is 0.712. The number of amides is 1. The van der Waals surface area contributed by atoms with Gasteiger partial charge in [-0.1, -0.05) is 19.1 Å². The number of ether oxygens (including phenoxy) is 2. The zero-order valence-corrected chi connectivity index (χ0v) is 14.0. The molecule has 1 N–H and O–H groups in total. The normalized spacial score (nSPS) is 18.3. The molecule has 1 aromatic carbocycles. The van der Waals surface area contributed by atoms with Crippen LogP contribution in [0.25, 0.3) is 0 Å². The number of benzene rings is 1. The van der Waals surface area contributed by atoms with Crippen molar-refractivity contribution in [3.05, 3.63) is 29.8 Å². The molecular formula is C17H21F4NO3. The van der Waals surface area contributed by atoms with E-state index < -0.39 is 24.0 Å². The van der Waals surface area contributed by atoms with Crippen LogP contribution < -0.4 is 10.1 Å². The van der Waals surface area contributed by atoms with Crippen LogP contribution in [0.4, 0.5) is 17.6 Å². The fourth-order valence-electron chi connectivity index (χ4n) is 2.64. The number of carbonyl (C=O) groups is 1. The van der Waals surface area contributed by atoms with Gasteiger partial charge < -0.3 is 14.8 Å². The van der Waals surface area contributed by atoms with Crippen molar-refractivity contribution in [3.63, 3.8) is 0 Å². The SMILES string of the molecule is COCC(NC(=O)CC(C)C1(F)CC1)c1cccc(OC(F)(F)F)c1. The Hall–Kier alpha value is -1.83. The predicted octanol–water partition coefficient (Wildman–Crippen LogP) is 3.92. The van der Waals surface area contributed by atoms with Gasteiger partial charge in [-0.25, -0.2) is 4.39 Å². The first-order valence-corrected chi connectivity index (χ1v) is 7.96. The summed E-state index contributed by atoms with van der Waals surface area (Å²) in [5.74, 6) is -1.16. The van der Waals surface area contributed by atoms with Crippen LogP contribution in [0.5, 0.6) is 5.75 Å². The number of carbonyl (C=O) groups excluding carboxylic acids is 1. The maximum absolute atomic E-state index is 13.9. The molecule has 1 saturated carbocycles. The molecule has 0 aliphatic heterocycles. The largest absolute Gasteiger partial charge is 0.573 e. The van der Waals surface area contributed by atoms with Crippen LogP contribution in [-0.4, -0.2) is 31.7 Å². The summed E-state index contributed by atoms with van der Waals surface area (Å²) in [6.45, 7) is 1.74. The summed E-state index contributed by atoms with van der Waals surface area (Å²) in [4.78, 5) is 12.2. The van der Waals surface area contributed by atoms with Crippen LogP contribution >= 0.6 is 0 Å². The number of rotatable bonds is 8. The van der Waals surface area contributed by atoms with E-state index >= 15 is 0 Å². The van der Waals surface area contributed by atoms with Gasteiger partial charge in [0.2, 0.25) is 5.91 Å². The van der Waals surface area contributed by atoms with Crippen molar-refractivity contribution in [3.8, 4) is 5.75 Å². The molecule has 0 bridgehead atoms. The molecule has 1 aliphatic rings. The van der Waals surface area contributed by atoms with Crippen molar-refractivity contribution in [1.29, 1.82) is 0 Å². The van der Waals surface area contributed by atoms with Crippen molar-refractivity contribution in [2.24, 2.45) is 5.92 Å². The number of hydrogen-bond acceptors (Lipinski definition) is 3. The van der Waals surface area contributed by atoms with Crippen LogP contribution in [0.3, 0.4) is 0 Å². The molecule has 1 aromatic rings. The molecule has 1 aliphatic carbocycles. The van der Waals surface area contributed by atoms with Gasteiger partial charge in [-0.2, -0.15) is 0 Å². The highest BCUT2D eigenvalue weighted by Gasteiger charge is 2.48. The molecular weight excluding hydrogens is 342 g/mol. The van der Waals surface area contributed by atoms with Gasteiger partial charge in [-0.3, -0.25) is 4.79 Å². The van der Waals surface area contributed by atoms with E-state index in [4.69, 9.17) is 4.74 Å². The average molecular weight is 363 g/mol. The Bertz CT molecular complexity index is 602. The first-order valence-electron chi connectivity index (χ1n) is 7.96. The highest BCUT2D eigenvalue weighted by Crippen LogP contribution is 2.47. The summed E-state index contributed by atoms with van der Waals surface area (Å²) in [6.07, 6.45) is -3.87. The minimum Gasteiger partial charge on any atom is -0.406 e. The molecule has 0 radical (unpaired) electrons. The number of nitrogens with one attached hydrogen (secondary N) is 1. The first kappa shape index (κ1) is 19.5. The highest BCUT2D eigenvalue weighted by molar-refractivity contribution is 5.77. The van der Waals surface area contributed by atoms with E-state index in [1.807, 2.05) is 0 Å². The second-order valence-electron chi connectivity index (χ2n) is 6.34. The first-order chi connectivity index (χ1) is 11.6. The number of alkyl halides is 4. The van der Waals surface area contributed by atoms with Crippen molar-refractivity contribution >= 4 is 5.91 Å². The van der Waals surface area contributed by atoms with Gasteiger partial charge in [0.05, 0.1) is 12.6 Å². The lowest BCUT2D eigenvalue weighted by atomic mass is 9.99. The molecule has 0 saturated heterocycles. The number of methoxy groups -OCH3 is 1. The monoisotopic (exact) mass is 363 g/mol. The lowest BCUT2D eigenvalue weighted by Crippen LogP contribution is -2.33. The number of halogens is 4. The lowest BCUT2D eigenvalue weighted by molar-refractivity contribution is -0.274. The highest BCUT2D eigenvalue weighted by atomic mass is 19.4. The third-order valence-corrected chi connectivity index (χ3v) is 4.27. The van der Waals surface area contributed by atoms with Gasteiger partial charge >= 0.3 is 6.36 Å². The second kappa shape index (κ2) is 7.59. The predicted molar refractivity (Wildman–Crippen MR) is 82.7 cm³/mol. The molecule has 0 heterocycles. The fourth-order valence-corrected chi connectivity index (χ4v) is 2.64. The Kier molecular flexibility index (Phi) is 5.92. The molecule has 2 atom stereocenters. The van der Waals surface area contributed by atoms with E-state index in [0.717, 1.165) is 0 Å². The van der Waals surface area contributed by atoms with E-state index in [9.17, 15) is 22.4 Å². The Labute approximate surface area is 143 Å². The van der Waals surface area contributed by atoms with E-state index in [2.05, 4.69) is 10.1 Å². The second-order valence-corrected chi connectivity index (χ2v) is 6.34. The Morgan fingerprint density at radius 3 is 2.60 bits per heavy atom. The Morgan fingerprint density at radius 2 is 2.04 bits per heavy atom. The summed E-state index contributed by atoms with van der Waals surface area (Å²) >= 11 is 0. The summed E-state index contributed by atoms with van der Waals surface area (Å²) in [6, 6.07) is 4.67. The molecule has 4 nitrogen and oxygen atoms in total. The van der Waals surface area contributed by atoms with Crippen LogP contribution in [0.2, 0.25) is 0 Å². The van der Waals surface area contributed by atoms with Crippen LogP contribution in [-0.2, 0) is 9.53 Å². The van der Waals surface area contributed by atoms with Crippen LogP contribution in [0, 0.1) is 5.92 Å². The fraction of sp³-hybridized carbons (Fsp3) is 0.588. The Balaban J connectivity index is 2.04. The maximum Gasteiger partial charge on any atom is 0.573 e. The van der Waals surface area contributed by atoms with Crippen molar-refractivity contribution in [2.45, 2.75) is 44.3 Å². The zero-order chi connectivity index (χ0) is 18.7. The number of hydrogen-bond donors (Lipinski definition) is 1. The van der Waals surface area contributed by atoms with Gasteiger partial charge in [-0.05, 0) is 36.5 Å². The molecule has 140 valence electrons. The van der Waals surface area contributed by atoms with Gasteiger partial charge in [0.15, 0.2) is 0 Å². The molecule has 0 aromatic heterocycles. The average Bonchev–Trinajstić information content (AvgIpc) is 3.24.